The van der Waals surface area contributed by atoms with Crippen LogP contribution in [-0.2, 0) is 19.1 Å². The molecule has 2 aliphatic rings. The van der Waals surface area contributed by atoms with Crippen LogP contribution in [0.5, 0.6) is 0 Å². The van der Waals surface area contributed by atoms with Gasteiger partial charge in [-0.25, -0.2) is 9.59 Å². The van der Waals surface area contributed by atoms with Crippen molar-refractivity contribution in [2.45, 2.75) is 24.4 Å². The highest BCUT2D eigenvalue weighted by atomic mass is 16.6. The number of carbonyl (C=O) groups is 4. The maximum atomic E-state index is 12.7. The Hall–Kier alpha value is -4.34. The normalized spacial score (nSPS) is 18.4. The minimum atomic E-state index is -1.12. The van der Waals surface area contributed by atoms with E-state index in [1.54, 1.807) is 0 Å². The van der Waals surface area contributed by atoms with Gasteiger partial charge < -0.3 is 25.2 Å². The van der Waals surface area contributed by atoms with Crippen molar-refractivity contribution in [2.75, 3.05) is 26.3 Å². The zero-order chi connectivity index (χ0) is 25.7. The van der Waals surface area contributed by atoms with Gasteiger partial charge in [0.2, 0.25) is 5.91 Å². The van der Waals surface area contributed by atoms with Crippen LogP contribution in [0.2, 0.25) is 0 Å². The summed E-state index contributed by atoms with van der Waals surface area (Å²) >= 11 is 0. The first-order valence-corrected chi connectivity index (χ1v) is 11.5. The van der Waals surface area contributed by atoms with E-state index in [-0.39, 0.29) is 38.6 Å². The predicted molar refractivity (Wildman–Crippen MR) is 129 cm³/mol. The molecule has 2 atom stereocenters. The molecule has 0 spiro atoms. The third kappa shape index (κ3) is 5.32. The number of ether oxygens (including phenoxy) is 2. The second kappa shape index (κ2) is 10.9. The highest BCUT2D eigenvalue weighted by Gasteiger charge is 2.39. The number of aliphatic carboxylic acids is 1. The first-order valence-electron chi connectivity index (χ1n) is 11.5. The number of fused-ring (bicyclic) bond motifs is 3. The van der Waals surface area contributed by atoms with E-state index >= 15 is 0 Å². The molecule has 4 rings (SSSR count). The lowest BCUT2D eigenvalue weighted by Gasteiger charge is -2.38. The number of nitrogens with zero attached hydrogens (tertiary/aromatic N) is 1. The standard InChI is InChI=1S/C26H27N3O7/c1-2-11-35-26(34)29-14-16(12-23(30)31)28-24(32)22(29)13-27-25(33)36-15-21-19-9-5-3-7-17(19)18-8-4-6-10-20(18)21/h2-10,16,21-22H,1,11-15H2,(H,27,33)(H,28,32)(H,30,31)/t16-,22+/m1/s1. The smallest absolute Gasteiger partial charge is 0.410 e. The van der Waals surface area contributed by atoms with Gasteiger partial charge in [0.05, 0.1) is 19.0 Å². The quantitative estimate of drug-likeness (QED) is 0.481. The largest absolute Gasteiger partial charge is 0.481 e. The number of carboxylic acid groups (broad SMARTS) is 1. The van der Waals surface area contributed by atoms with Gasteiger partial charge in [-0.1, -0.05) is 61.2 Å². The molecule has 188 valence electrons. The molecule has 0 unspecified atom stereocenters. The fraction of sp³-hybridized carbons (Fsp3) is 0.308. The Morgan fingerprint density at radius 1 is 1.08 bits per heavy atom. The fourth-order valence-corrected chi connectivity index (χ4v) is 4.62. The summed E-state index contributed by atoms with van der Waals surface area (Å²) in [7, 11) is 0. The number of hydrogen-bond acceptors (Lipinski definition) is 6. The molecule has 3 N–H and O–H groups in total. The van der Waals surface area contributed by atoms with Gasteiger partial charge in [-0.2, -0.15) is 0 Å². The second-order valence-corrected chi connectivity index (χ2v) is 8.54. The lowest BCUT2D eigenvalue weighted by atomic mass is 9.98. The monoisotopic (exact) mass is 493 g/mol. The van der Waals surface area contributed by atoms with Crippen molar-refractivity contribution in [3.63, 3.8) is 0 Å². The van der Waals surface area contributed by atoms with Crippen molar-refractivity contribution in [1.29, 1.82) is 0 Å². The van der Waals surface area contributed by atoms with Gasteiger partial charge in [0.15, 0.2) is 0 Å². The number of rotatable bonds is 8. The van der Waals surface area contributed by atoms with Crippen molar-refractivity contribution in [3.05, 3.63) is 72.3 Å². The van der Waals surface area contributed by atoms with Gasteiger partial charge >= 0.3 is 18.2 Å². The average molecular weight is 494 g/mol. The molecule has 1 heterocycles. The number of piperazine rings is 1. The topological polar surface area (TPSA) is 134 Å². The number of benzene rings is 2. The first kappa shape index (κ1) is 24.8. The molecule has 10 nitrogen and oxygen atoms in total. The summed E-state index contributed by atoms with van der Waals surface area (Å²) in [6.07, 6.45) is -0.527. The van der Waals surface area contributed by atoms with Crippen LogP contribution in [0.1, 0.15) is 23.5 Å². The SMILES string of the molecule is C=CCOC(=O)N1C[C@@H](CC(=O)O)NC(=O)[C@@H]1CNC(=O)OCC1c2ccccc2-c2ccccc21. The van der Waals surface area contributed by atoms with Crippen LogP contribution in [0.15, 0.2) is 61.2 Å². The number of amides is 3. The predicted octanol–water partition coefficient (Wildman–Crippen LogP) is 2.49. The first-order chi connectivity index (χ1) is 17.4. The summed E-state index contributed by atoms with van der Waals surface area (Å²) in [5.41, 5.74) is 4.34. The summed E-state index contributed by atoms with van der Waals surface area (Å²) < 4.78 is 10.5. The van der Waals surface area contributed by atoms with Crippen LogP contribution in [-0.4, -0.2) is 72.5 Å². The third-order valence-electron chi connectivity index (χ3n) is 6.21. The van der Waals surface area contributed by atoms with E-state index in [1.807, 2.05) is 48.5 Å². The maximum absolute atomic E-state index is 12.7. The molecule has 0 aromatic heterocycles. The van der Waals surface area contributed by atoms with Crippen molar-refractivity contribution in [1.82, 2.24) is 15.5 Å². The lowest BCUT2D eigenvalue weighted by Crippen LogP contribution is -2.64. The van der Waals surface area contributed by atoms with Crippen molar-refractivity contribution in [3.8, 4) is 11.1 Å². The van der Waals surface area contributed by atoms with Crippen LogP contribution in [0, 0.1) is 0 Å². The van der Waals surface area contributed by atoms with Crippen molar-refractivity contribution in [2.24, 2.45) is 0 Å². The molecule has 0 bridgehead atoms. The minimum Gasteiger partial charge on any atom is -0.481 e. The van der Waals surface area contributed by atoms with Crippen LogP contribution in [0.4, 0.5) is 9.59 Å². The van der Waals surface area contributed by atoms with Crippen LogP contribution in [0.3, 0.4) is 0 Å². The average Bonchev–Trinajstić information content (AvgIpc) is 3.18. The van der Waals surface area contributed by atoms with Gasteiger partial charge in [0, 0.05) is 12.5 Å². The molecule has 1 aliphatic carbocycles. The molecular weight excluding hydrogens is 466 g/mol. The third-order valence-corrected chi connectivity index (χ3v) is 6.21. The molecule has 2 aromatic carbocycles. The van der Waals surface area contributed by atoms with Gasteiger partial charge in [-0.15, -0.1) is 0 Å². The van der Waals surface area contributed by atoms with E-state index in [2.05, 4.69) is 17.2 Å². The van der Waals surface area contributed by atoms with Gasteiger partial charge in [-0.05, 0) is 22.3 Å². The second-order valence-electron chi connectivity index (χ2n) is 8.54. The molecule has 1 aliphatic heterocycles. The summed E-state index contributed by atoms with van der Waals surface area (Å²) in [6, 6.07) is 14.0. The Morgan fingerprint density at radius 2 is 1.72 bits per heavy atom. The van der Waals surface area contributed by atoms with E-state index < -0.39 is 36.1 Å². The van der Waals surface area contributed by atoms with Crippen LogP contribution in [0.25, 0.3) is 11.1 Å². The molecule has 3 amide bonds. The summed E-state index contributed by atoms with van der Waals surface area (Å²) in [4.78, 5) is 49.9. The zero-order valence-corrected chi connectivity index (χ0v) is 19.5. The van der Waals surface area contributed by atoms with E-state index in [0.29, 0.717) is 0 Å². The molecule has 2 aromatic rings. The molecule has 1 fully saturated rings. The summed E-state index contributed by atoms with van der Waals surface area (Å²) in [6.45, 7) is 3.20. The van der Waals surface area contributed by atoms with Gasteiger partial charge in [-0.3, -0.25) is 14.5 Å². The Kier molecular flexibility index (Phi) is 7.53. The molecule has 36 heavy (non-hydrogen) atoms. The summed E-state index contributed by atoms with van der Waals surface area (Å²) in [5, 5.41) is 14.2. The van der Waals surface area contributed by atoms with E-state index in [0.717, 1.165) is 27.2 Å². The van der Waals surface area contributed by atoms with E-state index in [9.17, 15) is 19.2 Å². The Morgan fingerprint density at radius 3 is 2.33 bits per heavy atom. The number of carboxylic acids is 1. The number of alkyl carbamates (subject to hydrolysis) is 1. The minimum absolute atomic E-state index is 0.0763. The zero-order valence-electron chi connectivity index (χ0n) is 19.5. The number of carbonyl (C=O) groups excluding carboxylic acids is 3. The maximum Gasteiger partial charge on any atom is 0.410 e. The Balaban J connectivity index is 1.38. The Bertz CT molecular complexity index is 1140. The number of nitrogens with one attached hydrogen (secondary N) is 2. The molecular formula is C26H27N3O7. The Labute approximate surface area is 207 Å². The number of hydrogen-bond donors (Lipinski definition) is 3. The molecule has 0 radical (unpaired) electrons. The van der Waals surface area contributed by atoms with Gasteiger partial charge in [0.1, 0.15) is 19.3 Å². The van der Waals surface area contributed by atoms with E-state index in [4.69, 9.17) is 14.6 Å². The van der Waals surface area contributed by atoms with Crippen LogP contribution >= 0.6 is 0 Å². The van der Waals surface area contributed by atoms with Crippen molar-refractivity contribution < 1.29 is 33.8 Å². The molecule has 0 saturated carbocycles. The van der Waals surface area contributed by atoms with Crippen LogP contribution < -0.4 is 10.6 Å². The van der Waals surface area contributed by atoms with Crippen molar-refractivity contribution >= 4 is 24.1 Å². The highest BCUT2D eigenvalue weighted by Crippen LogP contribution is 2.44. The lowest BCUT2D eigenvalue weighted by molar-refractivity contribution is -0.139. The molecule has 10 heteroatoms. The van der Waals surface area contributed by atoms with Gasteiger partial charge in [0.25, 0.3) is 0 Å². The molecule has 1 saturated heterocycles. The van der Waals surface area contributed by atoms with E-state index in [1.165, 1.54) is 6.08 Å². The summed E-state index contributed by atoms with van der Waals surface area (Å²) in [5.74, 6) is -1.83. The highest BCUT2D eigenvalue weighted by molar-refractivity contribution is 5.88. The fourth-order valence-electron chi connectivity index (χ4n) is 4.62.